The number of carbonyl (C=O) groups is 2. The number of carbonyl (C=O) groups excluding carboxylic acids is 2. The monoisotopic (exact) mass is 479 g/mol. The second kappa shape index (κ2) is 10.8. The standard InChI is InChI=1S/C25H30BN3O6/c1-17-19(12-9-15-28(5)23(30)34-16-18-10-7-6-8-11-18)21-20(26(32)33)13-14-27-22(21)29(17)24(31)35-25(2,3)4/h6-14,32-33H,15-16H2,1-5H3. The van der Waals surface area contributed by atoms with Crippen molar-refractivity contribution in [1.82, 2.24) is 14.5 Å². The van der Waals surface area contributed by atoms with E-state index >= 15 is 0 Å². The third kappa shape index (κ3) is 6.29. The van der Waals surface area contributed by atoms with Gasteiger partial charge in [-0.05, 0) is 44.8 Å². The largest absolute Gasteiger partial charge is 0.489 e. The van der Waals surface area contributed by atoms with Crippen LogP contribution in [0.1, 0.15) is 37.6 Å². The number of likely N-dealkylation sites (N-methyl/N-ethyl adjacent to an activating group) is 1. The van der Waals surface area contributed by atoms with Gasteiger partial charge in [0.05, 0.1) is 0 Å². The Morgan fingerprint density at radius 1 is 1.17 bits per heavy atom. The molecular weight excluding hydrogens is 449 g/mol. The van der Waals surface area contributed by atoms with Crippen LogP contribution in [0.15, 0.2) is 48.7 Å². The van der Waals surface area contributed by atoms with Gasteiger partial charge < -0.3 is 24.4 Å². The predicted molar refractivity (Wildman–Crippen MR) is 134 cm³/mol. The van der Waals surface area contributed by atoms with E-state index in [1.165, 1.54) is 21.7 Å². The second-order valence-electron chi connectivity index (χ2n) is 9.11. The molecule has 10 heteroatoms. The first-order valence-electron chi connectivity index (χ1n) is 11.2. The quantitative estimate of drug-likeness (QED) is 0.523. The summed E-state index contributed by atoms with van der Waals surface area (Å²) in [5, 5.41) is 20.3. The lowest BCUT2D eigenvalue weighted by Crippen LogP contribution is -2.31. The summed E-state index contributed by atoms with van der Waals surface area (Å²) in [4.78, 5) is 31.0. The molecule has 0 radical (unpaired) electrons. The Balaban J connectivity index is 1.86. The number of aromatic nitrogens is 2. The normalized spacial score (nSPS) is 11.6. The molecule has 0 saturated heterocycles. The number of rotatable bonds is 6. The zero-order valence-corrected chi connectivity index (χ0v) is 20.6. The first kappa shape index (κ1) is 26.0. The molecule has 9 nitrogen and oxygen atoms in total. The van der Waals surface area contributed by atoms with Gasteiger partial charge >= 0.3 is 19.3 Å². The second-order valence-corrected chi connectivity index (χ2v) is 9.11. The summed E-state index contributed by atoms with van der Waals surface area (Å²) >= 11 is 0. The molecule has 3 rings (SSSR count). The van der Waals surface area contributed by atoms with Gasteiger partial charge in [0.15, 0.2) is 0 Å². The Kier molecular flexibility index (Phi) is 7.98. The lowest BCUT2D eigenvalue weighted by atomic mass is 9.78. The highest BCUT2D eigenvalue weighted by molar-refractivity contribution is 6.62. The smallest absolute Gasteiger partial charge is 0.445 e. The van der Waals surface area contributed by atoms with Crippen LogP contribution in [0.25, 0.3) is 17.1 Å². The van der Waals surface area contributed by atoms with Crippen molar-refractivity contribution >= 4 is 41.9 Å². The number of pyridine rings is 1. The van der Waals surface area contributed by atoms with Crippen LogP contribution >= 0.6 is 0 Å². The molecule has 35 heavy (non-hydrogen) atoms. The van der Waals surface area contributed by atoms with Crippen molar-refractivity contribution in [2.45, 2.75) is 39.9 Å². The summed E-state index contributed by atoms with van der Waals surface area (Å²) < 4.78 is 12.2. The molecule has 0 atom stereocenters. The molecule has 3 aromatic rings. The van der Waals surface area contributed by atoms with Crippen LogP contribution in [-0.2, 0) is 16.1 Å². The van der Waals surface area contributed by atoms with E-state index in [2.05, 4.69) is 4.98 Å². The lowest BCUT2D eigenvalue weighted by molar-refractivity contribution is 0.0540. The topological polar surface area (TPSA) is 114 Å². The average Bonchev–Trinajstić information content (AvgIpc) is 3.08. The molecule has 0 aliphatic carbocycles. The lowest BCUT2D eigenvalue weighted by Gasteiger charge is -2.20. The van der Waals surface area contributed by atoms with Crippen LogP contribution in [-0.4, -0.2) is 63.0 Å². The molecule has 0 aliphatic heterocycles. The minimum Gasteiger partial charge on any atom is -0.445 e. The third-order valence-electron chi connectivity index (χ3n) is 5.20. The molecule has 1 aromatic carbocycles. The van der Waals surface area contributed by atoms with E-state index in [-0.39, 0.29) is 24.3 Å². The summed E-state index contributed by atoms with van der Waals surface area (Å²) in [6.45, 7) is 7.39. The van der Waals surface area contributed by atoms with E-state index in [0.29, 0.717) is 16.6 Å². The molecule has 2 N–H and O–H groups in total. The van der Waals surface area contributed by atoms with Crippen molar-refractivity contribution in [3.8, 4) is 0 Å². The molecule has 2 aromatic heterocycles. The maximum Gasteiger partial charge on any atom is 0.489 e. The van der Waals surface area contributed by atoms with Gasteiger partial charge in [0.1, 0.15) is 17.9 Å². The molecular formula is C25H30BN3O6. The Morgan fingerprint density at radius 3 is 2.49 bits per heavy atom. The van der Waals surface area contributed by atoms with Crippen LogP contribution in [0, 0.1) is 6.92 Å². The minimum absolute atomic E-state index is 0.166. The van der Waals surface area contributed by atoms with Gasteiger partial charge in [-0.2, -0.15) is 0 Å². The zero-order chi connectivity index (χ0) is 25.8. The molecule has 184 valence electrons. The predicted octanol–water partition coefficient (Wildman–Crippen LogP) is 3.09. The van der Waals surface area contributed by atoms with E-state index in [1.807, 2.05) is 30.3 Å². The summed E-state index contributed by atoms with van der Waals surface area (Å²) in [5.74, 6) is 0. The molecule has 0 bridgehead atoms. The number of ether oxygens (including phenoxy) is 2. The maximum atomic E-state index is 12.9. The highest BCUT2D eigenvalue weighted by Gasteiger charge is 2.27. The van der Waals surface area contributed by atoms with E-state index in [1.54, 1.807) is 46.9 Å². The zero-order valence-electron chi connectivity index (χ0n) is 20.6. The molecule has 0 spiro atoms. The molecule has 0 unspecified atom stereocenters. The van der Waals surface area contributed by atoms with Gasteiger partial charge in [-0.25, -0.2) is 19.1 Å². The van der Waals surface area contributed by atoms with Crippen molar-refractivity contribution in [2.75, 3.05) is 13.6 Å². The first-order valence-corrected chi connectivity index (χ1v) is 11.2. The maximum absolute atomic E-state index is 12.9. The summed E-state index contributed by atoms with van der Waals surface area (Å²) in [5.41, 5.74) is 1.69. The van der Waals surface area contributed by atoms with Crippen LogP contribution in [0.3, 0.4) is 0 Å². The SMILES string of the molecule is Cc1c(C=CCN(C)C(=O)OCc2ccccc2)c2c(B(O)O)ccnc2n1C(=O)OC(C)(C)C. The van der Waals surface area contributed by atoms with E-state index < -0.39 is 24.9 Å². The van der Waals surface area contributed by atoms with Gasteiger partial charge in [0.25, 0.3) is 0 Å². The number of fused-ring (bicyclic) bond motifs is 1. The van der Waals surface area contributed by atoms with Crippen molar-refractivity contribution in [3.63, 3.8) is 0 Å². The third-order valence-corrected chi connectivity index (χ3v) is 5.20. The summed E-state index contributed by atoms with van der Waals surface area (Å²) in [6.07, 6.45) is 3.73. The van der Waals surface area contributed by atoms with Gasteiger partial charge in [0, 0.05) is 36.4 Å². The molecule has 2 heterocycles. The Bertz CT molecular complexity index is 1230. The fourth-order valence-electron chi connectivity index (χ4n) is 3.55. The molecule has 0 aliphatic rings. The van der Waals surface area contributed by atoms with Crippen LogP contribution < -0.4 is 5.46 Å². The van der Waals surface area contributed by atoms with Crippen molar-refractivity contribution in [3.05, 3.63) is 65.5 Å². The van der Waals surface area contributed by atoms with Gasteiger partial charge in [-0.3, -0.25) is 0 Å². The van der Waals surface area contributed by atoms with Crippen molar-refractivity contribution in [1.29, 1.82) is 0 Å². The van der Waals surface area contributed by atoms with Gasteiger partial charge in [-0.15, -0.1) is 0 Å². The Morgan fingerprint density at radius 2 is 1.86 bits per heavy atom. The number of hydrogen-bond donors (Lipinski definition) is 2. The number of hydrogen-bond acceptors (Lipinski definition) is 7. The highest BCUT2D eigenvalue weighted by Crippen LogP contribution is 2.26. The van der Waals surface area contributed by atoms with E-state index in [9.17, 15) is 19.6 Å². The molecule has 1 amide bonds. The summed E-state index contributed by atoms with van der Waals surface area (Å²) in [7, 11) is -0.156. The van der Waals surface area contributed by atoms with Crippen LogP contribution in [0.2, 0.25) is 0 Å². The van der Waals surface area contributed by atoms with Gasteiger partial charge in [0.2, 0.25) is 0 Å². The van der Waals surface area contributed by atoms with Crippen LogP contribution in [0.5, 0.6) is 0 Å². The Labute approximate surface area is 204 Å². The van der Waals surface area contributed by atoms with Crippen LogP contribution in [0.4, 0.5) is 9.59 Å². The molecule has 0 fully saturated rings. The fraction of sp³-hybridized carbons (Fsp3) is 0.320. The number of benzene rings is 1. The van der Waals surface area contributed by atoms with E-state index in [0.717, 1.165) is 5.56 Å². The number of nitrogens with zero attached hydrogens (tertiary/aromatic N) is 3. The first-order chi connectivity index (χ1) is 16.5. The highest BCUT2D eigenvalue weighted by atomic mass is 16.6. The Hall–Kier alpha value is -3.63. The summed E-state index contributed by atoms with van der Waals surface area (Å²) in [6, 6.07) is 10.9. The van der Waals surface area contributed by atoms with E-state index in [4.69, 9.17) is 9.47 Å². The fourth-order valence-corrected chi connectivity index (χ4v) is 3.55. The number of amides is 1. The average molecular weight is 479 g/mol. The van der Waals surface area contributed by atoms with Gasteiger partial charge in [-0.1, -0.05) is 42.5 Å². The molecule has 0 saturated carbocycles. The van der Waals surface area contributed by atoms with Crippen molar-refractivity contribution < 1.29 is 29.1 Å². The minimum atomic E-state index is -1.77. The van der Waals surface area contributed by atoms with Crippen molar-refractivity contribution in [2.24, 2.45) is 0 Å².